The van der Waals surface area contributed by atoms with Crippen LogP contribution in [-0.2, 0) is 10.0 Å². The third-order valence-electron chi connectivity index (χ3n) is 6.95. The van der Waals surface area contributed by atoms with Crippen molar-refractivity contribution in [3.05, 3.63) is 102 Å². The summed E-state index contributed by atoms with van der Waals surface area (Å²) in [5, 5.41) is 8.75. The fourth-order valence-corrected chi connectivity index (χ4v) is 5.94. The second-order valence-corrected chi connectivity index (χ2v) is 11.5. The molecule has 4 heterocycles. The zero-order valence-corrected chi connectivity index (χ0v) is 23.6. The van der Waals surface area contributed by atoms with E-state index in [9.17, 15) is 8.42 Å². The van der Waals surface area contributed by atoms with Gasteiger partial charge in [0.1, 0.15) is 6.26 Å². The summed E-state index contributed by atoms with van der Waals surface area (Å²) in [6, 6.07) is 18.2. The highest BCUT2D eigenvalue weighted by molar-refractivity contribution is 7.93. The first kappa shape index (κ1) is 26.2. The van der Waals surface area contributed by atoms with Crippen LogP contribution in [0.5, 0.6) is 0 Å². The maximum Gasteiger partial charge on any atom is 0.267 e. The zero-order valence-electron chi connectivity index (χ0n) is 22.8. The van der Waals surface area contributed by atoms with E-state index in [0.29, 0.717) is 39.5 Å². The zero-order chi connectivity index (χ0) is 28.7. The van der Waals surface area contributed by atoms with Gasteiger partial charge < -0.3 is 8.94 Å². The number of aryl methyl sites for hydroxylation is 2. The summed E-state index contributed by atoms with van der Waals surface area (Å²) in [5.74, 6) is 0.602. The summed E-state index contributed by atoms with van der Waals surface area (Å²) in [7, 11) is -2.58. The van der Waals surface area contributed by atoms with Crippen molar-refractivity contribution in [1.82, 2.24) is 24.9 Å². The normalized spacial score (nSPS) is 11.6. The molecule has 0 aliphatic carbocycles. The molecule has 0 saturated carbocycles. The van der Waals surface area contributed by atoms with Gasteiger partial charge in [-0.05, 0) is 57.2 Å². The third-order valence-corrected chi connectivity index (χ3v) is 8.75. The van der Waals surface area contributed by atoms with Gasteiger partial charge in [0.05, 0.1) is 28.2 Å². The lowest BCUT2D eigenvalue weighted by Gasteiger charge is -2.20. The summed E-state index contributed by atoms with van der Waals surface area (Å²) < 4.78 is 41.7. The third kappa shape index (κ3) is 4.70. The number of benzene rings is 2. The standard InChI is InChI=1S/C30H26N6O4S/c1-19-9-10-23(18-32-19)26-13-15-36(33-26)27-17-22(29-31-14-16-39-29)11-12-24(27)25-7-5-6-8-28(25)41(37,38)35(4)30-20(2)21(3)34-40-30/h5-18H,1-4H3. The van der Waals surface area contributed by atoms with Gasteiger partial charge in [0.2, 0.25) is 11.8 Å². The first-order valence-corrected chi connectivity index (χ1v) is 14.2. The molecule has 0 aliphatic rings. The molecule has 0 amide bonds. The number of oxazole rings is 1. The maximum absolute atomic E-state index is 14.0. The molecule has 0 aliphatic heterocycles. The molecule has 4 aromatic heterocycles. The van der Waals surface area contributed by atoms with Crippen LogP contribution in [0.15, 0.2) is 99.4 Å². The molecule has 0 N–H and O–H groups in total. The predicted molar refractivity (Wildman–Crippen MR) is 154 cm³/mol. The summed E-state index contributed by atoms with van der Waals surface area (Å²) in [6.45, 7) is 5.47. The molecule has 0 spiro atoms. The minimum absolute atomic E-state index is 0.108. The number of rotatable bonds is 7. The Kier molecular flexibility index (Phi) is 6.50. The van der Waals surface area contributed by atoms with Gasteiger partial charge >= 0.3 is 0 Å². The highest BCUT2D eigenvalue weighted by atomic mass is 32.2. The van der Waals surface area contributed by atoms with E-state index in [4.69, 9.17) is 14.0 Å². The lowest BCUT2D eigenvalue weighted by molar-refractivity contribution is 0.422. The highest BCUT2D eigenvalue weighted by Gasteiger charge is 2.30. The highest BCUT2D eigenvalue weighted by Crippen LogP contribution is 2.37. The molecule has 2 aromatic carbocycles. The number of hydrogen-bond acceptors (Lipinski definition) is 8. The first-order valence-electron chi connectivity index (χ1n) is 12.8. The van der Waals surface area contributed by atoms with Crippen LogP contribution in [-0.4, -0.2) is 40.4 Å². The first-order chi connectivity index (χ1) is 19.7. The van der Waals surface area contributed by atoms with E-state index >= 15 is 0 Å². The van der Waals surface area contributed by atoms with E-state index in [1.807, 2.05) is 49.5 Å². The number of sulfonamides is 1. The van der Waals surface area contributed by atoms with Crippen LogP contribution in [0.1, 0.15) is 17.0 Å². The molecule has 6 aromatic rings. The summed E-state index contributed by atoms with van der Waals surface area (Å²) in [6.07, 6.45) is 6.68. The fourth-order valence-electron chi connectivity index (χ4n) is 4.55. The van der Waals surface area contributed by atoms with Gasteiger partial charge in [-0.1, -0.05) is 29.4 Å². The second-order valence-electron chi connectivity index (χ2n) is 9.57. The van der Waals surface area contributed by atoms with Crippen molar-refractivity contribution in [2.75, 3.05) is 11.4 Å². The molecule has 0 bridgehead atoms. The van der Waals surface area contributed by atoms with E-state index in [-0.39, 0.29) is 10.8 Å². The summed E-state index contributed by atoms with van der Waals surface area (Å²) >= 11 is 0. The van der Waals surface area contributed by atoms with E-state index < -0.39 is 10.0 Å². The van der Waals surface area contributed by atoms with Gasteiger partial charge in [0, 0.05) is 53.0 Å². The molecule has 0 atom stereocenters. The fraction of sp³-hybridized carbons (Fsp3) is 0.133. The number of hydrogen-bond donors (Lipinski definition) is 0. The summed E-state index contributed by atoms with van der Waals surface area (Å²) in [4.78, 5) is 8.78. The molecule has 0 unspecified atom stereocenters. The second kappa shape index (κ2) is 10.2. The Morgan fingerprint density at radius 1 is 0.902 bits per heavy atom. The van der Waals surface area contributed by atoms with E-state index in [1.54, 1.807) is 55.2 Å². The molecule has 0 radical (unpaired) electrons. The Balaban J connectivity index is 1.51. The SMILES string of the molecule is Cc1ccc(-c2ccn(-c3cc(-c4ncco4)ccc3-c3ccccc3S(=O)(=O)N(C)c3onc(C)c3C)n2)cn1. The number of aromatic nitrogens is 5. The van der Waals surface area contributed by atoms with Crippen LogP contribution in [0.25, 0.3) is 39.5 Å². The molecule has 10 nitrogen and oxygen atoms in total. The van der Waals surface area contributed by atoms with Crippen molar-refractivity contribution in [2.24, 2.45) is 0 Å². The van der Waals surface area contributed by atoms with Gasteiger partial charge in [0.25, 0.3) is 10.0 Å². The Morgan fingerprint density at radius 2 is 1.71 bits per heavy atom. The minimum atomic E-state index is -4.04. The van der Waals surface area contributed by atoms with Gasteiger partial charge in [0.15, 0.2) is 0 Å². The monoisotopic (exact) mass is 566 g/mol. The van der Waals surface area contributed by atoms with Crippen molar-refractivity contribution in [1.29, 1.82) is 0 Å². The van der Waals surface area contributed by atoms with Crippen molar-refractivity contribution in [3.63, 3.8) is 0 Å². The maximum atomic E-state index is 14.0. The average Bonchev–Trinajstić information content (AvgIpc) is 3.76. The topological polar surface area (TPSA) is 120 Å². The lowest BCUT2D eigenvalue weighted by Crippen LogP contribution is -2.27. The Labute approximate surface area is 237 Å². The van der Waals surface area contributed by atoms with Gasteiger partial charge in [-0.3, -0.25) is 4.98 Å². The number of pyridine rings is 1. The van der Waals surface area contributed by atoms with Crippen molar-refractivity contribution in [2.45, 2.75) is 25.7 Å². The molecule has 41 heavy (non-hydrogen) atoms. The largest absolute Gasteiger partial charge is 0.445 e. The van der Waals surface area contributed by atoms with Crippen LogP contribution in [0, 0.1) is 20.8 Å². The molecule has 11 heteroatoms. The van der Waals surface area contributed by atoms with Crippen LogP contribution in [0.4, 0.5) is 5.88 Å². The quantitative estimate of drug-likeness (QED) is 0.231. The van der Waals surface area contributed by atoms with Gasteiger partial charge in [-0.2, -0.15) is 5.10 Å². The van der Waals surface area contributed by atoms with Crippen molar-refractivity contribution >= 4 is 15.9 Å². The average molecular weight is 567 g/mol. The van der Waals surface area contributed by atoms with Crippen LogP contribution in [0.3, 0.4) is 0 Å². The molecule has 0 fully saturated rings. The van der Waals surface area contributed by atoms with E-state index in [2.05, 4.69) is 15.1 Å². The molecule has 0 saturated heterocycles. The molecule has 6 rings (SSSR count). The van der Waals surface area contributed by atoms with E-state index in [1.165, 1.54) is 13.3 Å². The van der Waals surface area contributed by atoms with Crippen molar-refractivity contribution in [3.8, 4) is 39.5 Å². The number of anilines is 1. The Bertz CT molecular complexity index is 1960. The van der Waals surface area contributed by atoms with Crippen LogP contribution < -0.4 is 4.31 Å². The molecule has 206 valence electrons. The van der Waals surface area contributed by atoms with Gasteiger partial charge in [-0.25, -0.2) is 22.4 Å². The van der Waals surface area contributed by atoms with E-state index in [0.717, 1.165) is 21.3 Å². The smallest absolute Gasteiger partial charge is 0.267 e. The van der Waals surface area contributed by atoms with Crippen LogP contribution >= 0.6 is 0 Å². The lowest BCUT2D eigenvalue weighted by atomic mass is 10.0. The Morgan fingerprint density at radius 3 is 2.41 bits per heavy atom. The molecular formula is C30H26N6O4S. The number of nitrogens with zero attached hydrogens (tertiary/aromatic N) is 6. The predicted octanol–water partition coefficient (Wildman–Crippen LogP) is 5.99. The molecular weight excluding hydrogens is 540 g/mol. The van der Waals surface area contributed by atoms with Crippen molar-refractivity contribution < 1.29 is 17.4 Å². The minimum Gasteiger partial charge on any atom is -0.445 e. The van der Waals surface area contributed by atoms with Crippen LogP contribution in [0.2, 0.25) is 0 Å². The van der Waals surface area contributed by atoms with Gasteiger partial charge in [-0.15, -0.1) is 0 Å². The summed E-state index contributed by atoms with van der Waals surface area (Å²) in [5.41, 5.74) is 6.27. The Hall–Kier alpha value is -5.03.